The summed E-state index contributed by atoms with van der Waals surface area (Å²) in [6.07, 6.45) is 1.77. The van der Waals surface area contributed by atoms with E-state index in [1.165, 1.54) is 15.3 Å². The number of aryl methyl sites for hydroxylation is 1. The zero-order chi connectivity index (χ0) is 16.5. The van der Waals surface area contributed by atoms with Crippen LogP contribution in [0.3, 0.4) is 0 Å². The van der Waals surface area contributed by atoms with Gasteiger partial charge in [-0.3, -0.25) is 4.79 Å². The van der Waals surface area contributed by atoms with Crippen molar-refractivity contribution in [2.24, 2.45) is 5.92 Å². The molecule has 0 aromatic heterocycles. The molecule has 2 rings (SSSR count). The molecule has 0 spiro atoms. The summed E-state index contributed by atoms with van der Waals surface area (Å²) in [4.78, 5) is 13.8. The van der Waals surface area contributed by atoms with E-state index in [0.29, 0.717) is 24.6 Å². The lowest BCUT2D eigenvalue weighted by molar-refractivity contribution is 0.0826. The first-order valence-electron chi connectivity index (χ1n) is 7.56. The second-order valence-corrected chi connectivity index (χ2v) is 8.20. The second kappa shape index (κ2) is 6.38. The monoisotopic (exact) mass is 324 g/mol. The minimum absolute atomic E-state index is 0.179. The molecule has 1 amide bonds. The van der Waals surface area contributed by atoms with Crippen LogP contribution in [0.15, 0.2) is 23.1 Å². The molecule has 0 radical (unpaired) electrons. The number of nitrogens with zero attached hydrogens (tertiary/aromatic N) is 2. The maximum atomic E-state index is 12.8. The standard InChI is InChI=1S/C16H24N2O3S/c1-12-7-9-18(10-8-12)22(20,21)14-6-5-13(2)15(11-14)16(19)17(3)4/h5-6,11-12H,7-10H2,1-4H3. The number of piperidine rings is 1. The van der Waals surface area contributed by atoms with Crippen molar-refractivity contribution in [1.29, 1.82) is 0 Å². The van der Waals surface area contributed by atoms with Gasteiger partial charge in [0, 0.05) is 32.7 Å². The van der Waals surface area contributed by atoms with Gasteiger partial charge >= 0.3 is 0 Å². The molecule has 1 aliphatic rings. The van der Waals surface area contributed by atoms with Gasteiger partial charge in [-0.1, -0.05) is 13.0 Å². The van der Waals surface area contributed by atoms with Crippen molar-refractivity contribution < 1.29 is 13.2 Å². The van der Waals surface area contributed by atoms with Crippen LogP contribution in [-0.4, -0.2) is 50.7 Å². The van der Waals surface area contributed by atoms with Gasteiger partial charge in [-0.2, -0.15) is 4.31 Å². The lowest BCUT2D eigenvalue weighted by Gasteiger charge is -2.29. The van der Waals surface area contributed by atoms with Crippen LogP contribution in [0.5, 0.6) is 0 Å². The van der Waals surface area contributed by atoms with E-state index in [1.807, 2.05) is 6.92 Å². The van der Waals surface area contributed by atoms with Gasteiger partial charge in [0.2, 0.25) is 10.0 Å². The highest BCUT2D eigenvalue weighted by Crippen LogP contribution is 2.25. The average Bonchev–Trinajstić information content (AvgIpc) is 2.47. The van der Waals surface area contributed by atoms with Gasteiger partial charge in [-0.05, 0) is 43.4 Å². The maximum absolute atomic E-state index is 12.8. The quantitative estimate of drug-likeness (QED) is 0.856. The van der Waals surface area contributed by atoms with Crippen LogP contribution in [0.4, 0.5) is 0 Å². The fraction of sp³-hybridized carbons (Fsp3) is 0.562. The summed E-state index contributed by atoms with van der Waals surface area (Å²) in [7, 11) is -0.198. The minimum atomic E-state index is -3.52. The van der Waals surface area contributed by atoms with Crippen LogP contribution < -0.4 is 0 Å². The van der Waals surface area contributed by atoms with Crippen molar-refractivity contribution in [1.82, 2.24) is 9.21 Å². The van der Waals surface area contributed by atoms with Crippen LogP contribution in [0.2, 0.25) is 0 Å². The van der Waals surface area contributed by atoms with Crippen molar-refractivity contribution in [3.8, 4) is 0 Å². The van der Waals surface area contributed by atoms with Crippen LogP contribution in [-0.2, 0) is 10.0 Å². The Balaban J connectivity index is 2.36. The van der Waals surface area contributed by atoms with Crippen molar-refractivity contribution in [3.63, 3.8) is 0 Å². The van der Waals surface area contributed by atoms with Gasteiger partial charge < -0.3 is 4.90 Å². The van der Waals surface area contributed by atoms with Gasteiger partial charge in [-0.15, -0.1) is 0 Å². The topological polar surface area (TPSA) is 57.7 Å². The molecule has 1 aliphatic heterocycles. The van der Waals surface area contributed by atoms with Crippen molar-refractivity contribution in [2.75, 3.05) is 27.2 Å². The SMILES string of the molecule is Cc1ccc(S(=O)(=O)N2CCC(C)CC2)cc1C(=O)N(C)C. The first-order valence-corrected chi connectivity index (χ1v) is 9.00. The van der Waals surface area contributed by atoms with E-state index in [0.717, 1.165) is 18.4 Å². The zero-order valence-electron chi connectivity index (χ0n) is 13.7. The average molecular weight is 324 g/mol. The summed E-state index contributed by atoms with van der Waals surface area (Å²) >= 11 is 0. The maximum Gasteiger partial charge on any atom is 0.253 e. The van der Waals surface area contributed by atoms with Gasteiger partial charge in [0.05, 0.1) is 4.90 Å². The lowest BCUT2D eigenvalue weighted by Crippen LogP contribution is -2.38. The normalized spacial score (nSPS) is 17.5. The zero-order valence-corrected chi connectivity index (χ0v) is 14.5. The minimum Gasteiger partial charge on any atom is -0.345 e. The molecule has 0 bridgehead atoms. The molecule has 122 valence electrons. The van der Waals surface area contributed by atoms with Crippen molar-refractivity contribution >= 4 is 15.9 Å². The largest absolute Gasteiger partial charge is 0.345 e. The summed E-state index contributed by atoms with van der Waals surface area (Å²) in [5, 5.41) is 0. The van der Waals surface area contributed by atoms with E-state index >= 15 is 0 Å². The van der Waals surface area contributed by atoms with E-state index in [9.17, 15) is 13.2 Å². The molecule has 0 unspecified atom stereocenters. The Morgan fingerprint density at radius 2 is 1.82 bits per heavy atom. The smallest absolute Gasteiger partial charge is 0.253 e. The van der Waals surface area contributed by atoms with Crippen molar-refractivity contribution in [3.05, 3.63) is 29.3 Å². The van der Waals surface area contributed by atoms with Gasteiger partial charge in [-0.25, -0.2) is 8.42 Å². The van der Waals surface area contributed by atoms with Gasteiger partial charge in [0.25, 0.3) is 5.91 Å². The molecule has 1 saturated heterocycles. The molecule has 1 fully saturated rings. The Hall–Kier alpha value is -1.40. The highest BCUT2D eigenvalue weighted by atomic mass is 32.2. The Morgan fingerprint density at radius 3 is 2.36 bits per heavy atom. The van der Waals surface area contributed by atoms with Crippen molar-refractivity contribution in [2.45, 2.75) is 31.6 Å². The highest BCUT2D eigenvalue weighted by Gasteiger charge is 2.29. The number of benzene rings is 1. The number of carbonyl (C=O) groups excluding carboxylic acids is 1. The molecule has 1 aromatic carbocycles. The fourth-order valence-corrected chi connectivity index (χ4v) is 4.10. The molecule has 0 atom stereocenters. The fourth-order valence-electron chi connectivity index (χ4n) is 2.61. The molecule has 1 aromatic rings. The number of rotatable bonds is 3. The van der Waals surface area contributed by atoms with E-state index in [1.54, 1.807) is 26.2 Å². The Morgan fingerprint density at radius 1 is 1.23 bits per heavy atom. The third-order valence-corrected chi connectivity index (χ3v) is 6.12. The van der Waals surface area contributed by atoms with Crippen LogP contribution in [0, 0.1) is 12.8 Å². The second-order valence-electron chi connectivity index (χ2n) is 6.26. The first kappa shape index (κ1) is 17.0. The molecule has 0 N–H and O–H groups in total. The molecule has 22 heavy (non-hydrogen) atoms. The molecule has 5 nitrogen and oxygen atoms in total. The number of carbonyl (C=O) groups is 1. The third-order valence-electron chi connectivity index (χ3n) is 4.23. The predicted molar refractivity (Wildman–Crippen MR) is 86.4 cm³/mol. The van der Waals surface area contributed by atoms with Crippen LogP contribution in [0.1, 0.15) is 35.7 Å². The van der Waals surface area contributed by atoms with E-state index < -0.39 is 10.0 Å². The Labute approximate surface area is 133 Å². The van der Waals surface area contributed by atoms with Crippen LogP contribution in [0.25, 0.3) is 0 Å². The molecule has 0 saturated carbocycles. The molecule has 1 heterocycles. The summed E-state index contributed by atoms with van der Waals surface area (Å²) in [6, 6.07) is 4.80. The predicted octanol–water partition coefficient (Wildman–Crippen LogP) is 2.12. The number of hydrogen-bond donors (Lipinski definition) is 0. The number of hydrogen-bond acceptors (Lipinski definition) is 3. The van der Waals surface area contributed by atoms with E-state index in [2.05, 4.69) is 6.92 Å². The van der Waals surface area contributed by atoms with Gasteiger partial charge in [0.1, 0.15) is 0 Å². The number of sulfonamides is 1. The van der Waals surface area contributed by atoms with Gasteiger partial charge in [0.15, 0.2) is 0 Å². The Bertz CT molecular complexity index is 660. The molecular weight excluding hydrogens is 300 g/mol. The van der Waals surface area contributed by atoms with E-state index in [4.69, 9.17) is 0 Å². The highest BCUT2D eigenvalue weighted by molar-refractivity contribution is 7.89. The van der Waals surface area contributed by atoms with E-state index in [-0.39, 0.29) is 10.8 Å². The lowest BCUT2D eigenvalue weighted by atomic mass is 10.0. The number of amides is 1. The summed E-state index contributed by atoms with van der Waals surface area (Å²) in [5.74, 6) is 0.386. The summed E-state index contributed by atoms with van der Waals surface area (Å²) in [5.41, 5.74) is 1.22. The molecule has 6 heteroatoms. The Kier molecular flexibility index (Phi) is 4.92. The molecular formula is C16H24N2O3S. The molecule has 0 aliphatic carbocycles. The van der Waals surface area contributed by atoms with Crippen LogP contribution >= 0.6 is 0 Å². The first-order chi connectivity index (χ1) is 10.2. The third kappa shape index (κ3) is 3.33. The summed E-state index contributed by atoms with van der Waals surface area (Å²) in [6.45, 7) is 5.06. The summed E-state index contributed by atoms with van der Waals surface area (Å²) < 4.78 is 27.0.